The average molecular weight is 406 g/mol. The van der Waals surface area contributed by atoms with E-state index in [9.17, 15) is 0 Å². The highest BCUT2D eigenvalue weighted by atomic mass is 127. The molecule has 0 bridgehead atoms. The standard InChI is InChI=1S/C15H14Cl2IN/c1-19-15(8-10-3-2-4-12(16)7-10)11-5-6-14(18)13(17)9-11/h2-7,9,15,19H,8H2,1H3. The van der Waals surface area contributed by atoms with E-state index in [0.717, 1.165) is 20.0 Å². The number of benzene rings is 2. The normalized spacial score (nSPS) is 12.4. The maximum atomic E-state index is 6.19. The zero-order chi connectivity index (χ0) is 13.8. The van der Waals surface area contributed by atoms with E-state index in [2.05, 4.69) is 40.0 Å². The summed E-state index contributed by atoms with van der Waals surface area (Å²) in [5, 5.41) is 4.90. The highest BCUT2D eigenvalue weighted by molar-refractivity contribution is 14.1. The van der Waals surface area contributed by atoms with Crippen LogP contribution < -0.4 is 5.32 Å². The van der Waals surface area contributed by atoms with Crippen LogP contribution in [-0.4, -0.2) is 7.05 Å². The van der Waals surface area contributed by atoms with E-state index < -0.39 is 0 Å². The van der Waals surface area contributed by atoms with Gasteiger partial charge in [-0.1, -0.05) is 41.4 Å². The summed E-state index contributed by atoms with van der Waals surface area (Å²) in [6.45, 7) is 0. The van der Waals surface area contributed by atoms with E-state index in [1.54, 1.807) is 0 Å². The smallest absolute Gasteiger partial charge is 0.0542 e. The molecule has 0 saturated heterocycles. The number of hydrogen-bond acceptors (Lipinski definition) is 1. The van der Waals surface area contributed by atoms with Crippen LogP contribution in [0.1, 0.15) is 17.2 Å². The highest BCUT2D eigenvalue weighted by Crippen LogP contribution is 2.25. The first kappa shape index (κ1) is 15.1. The fraction of sp³-hybridized carbons (Fsp3) is 0.200. The summed E-state index contributed by atoms with van der Waals surface area (Å²) in [6, 6.07) is 14.4. The van der Waals surface area contributed by atoms with Gasteiger partial charge in [0.15, 0.2) is 0 Å². The van der Waals surface area contributed by atoms with Crippen LogP contribution in [0.2, 0.25) is 10.0 Å². The molecule has 100 valence electrons. The Kier molecular flexibility index (Phi) is 5.51. The number of nitrogens with one attached hydrogen (secondary N) is 1. The molecule has 0 heterocycles. The van der Waals surface area contributed by atoms with Gasteiger partial charge < -0.3 is 5.32 Å². The van der Waals surface area contributed by atoms with E-state index >= 15 is 0 Å². The Bertz CT molecular complexity index is 572. The Morgan fingerprint density at radius 2 is 1.95 bits per heavy atom. The third-order valence-corrected chi connectivity index (χ3v) is 4.83. The van der Waals surface area contributed by atoms with Crippen LogP contribution in [0.4, 0.5) is 0 Å². The lowest BCUT2D eigenvalue weighted by Crippen LogP contribution is -2.18. The van der Waals surface area contributed by atoms with Gasteiger partial charge in [-0.05, 0) is 71.5 Å². The molecule has 2 aromatic rings. The molecule has 0 aromatic heterocycles. The van der Waals surface area contributed by atoms with Gasteiger partial charge in [0.1, 0.15) is 0 Å². The quantitative estimate of drug-likeness (QED) is 0.697. The molecule has 19 heavy (non-hydrogen) atoms. The van der Waals surface area contributed by atoms with Crippen molar-refractivity contribution in [2.45, 2.75) is 12.5 Å². The van der Waals surface area contributed by atoms with Crippen molar-refractivity contribution >= 4 is 45.8 Å². The Morgan fingerprint density at radius 1 is 1.16 bits per heavy atom. The maximum absolute atomic E-state index is 6.19. The van der Waals surface area contributed by atoms with Crippen molar-refractivity contribution in [3.05, 3.63) is 67.2 Å². The van der Waals surface area contributed by atoms with Crippen LogP contribution >= 0.6 is 45.8 Å². The molecular weight excluding hydrogens is 392 g/mol. The topological polar surface area (TPSA) is 12.0 Å². The molecule has 0 aliphatic carbocycles. The predicted octanol–water partition coefficient (Wildman–Crippen LogP) is 5.10. The Labute approximate surface area is 137 Å². The summed E-state index contributed by atoms with van der Waals surface area (Å²) >= 11 is 14.4. The second-order valence-electron chi connectivity index (χ2n) is 4.35. The average Bonchev–Trinajstić information content (AvgIpc) is 2.39. The van der Waals surface area contributed by atoms with E-state index in [4.69, 9.17) is 23.2 Å². The monoisotopic (exact) mass is 405 g/mol. The van der Waals surface area contributed by atoms with Crippen LogP contribution in [0.5, 0.6) is 0 Å². The molecule has 2 rings (SSSR count). The summed E-state index contributed by atoms with van der Waals surface area (Å²) in [6.07, 6.45) is 0.883. The van der Waals surface area contributed by atoms with Crippen LogP contribution in [0.3, 0.4) is 0 Å². The predicted molar refractivity (Wildman–Crippen MR) is 91.1 cm³/mol. The molecule has 2 aromatic carbocycles. The van der Waals surface area contributed by atoms with E-state index in [0.29, 0.717) is 0 Å². The van der Waals surface area contributed by atoms with Crippen LogP contribution in [0.15, 0.2) is 42.5 Å². The fourth-order valence-corrected chi connectivity index (χ4v) is 2.75. The number of rotatable bonds is 4. The molecule has 0 radical (unpaired) electrons. The minimum atomic E-state index is 0.230. The molecule has 4 heteroatoms. The van der Waals surface area contributed by atoms with Gasteiger partial charge in [0.25, 0.3) is 0 Å². The summed E-state index contributed by atoms with van der Waals surface area (Å²) in [5.41, 5.74) is 2.40. The third-order valence-electron chi connectivity index (χ3n) is 3.02. The van der Waals surface area contributed by atoms with Gasteiger partial charge in [0, 0.05) is 14.6 Å². The summed E-state index contributed by atoms with van der Waals surface area (Å²) in [7, 11) is 1.96. The van der Waals surface area contributed by atoms with Crippen molar-refractivity contribution in [1.82, 2.24) is 5.32 Å². The van der Waals surface area contributed by atoms with Crippen LogP contribution in [0.25, 0.3) is 0 Å². The van der Waals surface area contributed by atoms with Crippen LogP contribution in [-0.2, 0) is 6.42 Å². The van der Waals surface area contributed by atoms with Crippen molar-refractivity contribution in [2.24, 2.45) is 0 Å². The van der Waals surface area contributed by atoms with Gasteiger partial charge in [0.2, 0.25) is 0 Å². The molecule has 0 saturated carbocycles. The maximum Gasteiger partial charge on any atom is 0.0542 e. The highest BCUT2D eigenvalue weighted by Gasteiger charge is 2.11. The molecule has 1 atom stereocenters. The molecule has 0 aliphatic heterocycles. The van der Waals surface area contributed by atoms with Crippen LogP contribution in [0, 0.1) is 3.57 Å². The minimum Gasteiger partial charge on any atom is -0.313 e. The fourth-order valence-electron chi connectivity index (χ4n) is 2.02. The first-order chi connectivity index (χ1) is 9.10. The van der Waals surface area contributed by atoms with Gasteiger partial charge in [-0.2, -0.15) is 0 Å². The van der Waals surface area contributed by atoms with E-state index in [1.165, 1.54) is 11.1 Å². The first-order valence-corrected chi connectivity index (χ1v) is 7.80. The molecule has 0 fully saturated rings. The zero-order valence-corrected chi connectivity index (χ0v) is 14.1. The molecule has 0 amide bonds. The van der Waals surface area contributed by atoms with Crippen molar-refractivity contribution in [1.29, 1.82) is 0 Å². The minimum absolute atomic E-state index is 0.230. The number of halogens is 3. The molecule has 0 aliphatic rings. The van der Waals surface area contributed by atoms with Crippen molar-refractivity contribution in [3.63, 3.8) is 0 Å². The lowest BCUT2D eigenvalue weighted by molar-refractivity contribution is 0.592. The Morgan fingerprint density at radius 3 is 2.58 bits per heavy atom. The van der Waals surface area contributed by atoms with Crippen molar-refractivity contribution in [2.75, 3.05) is 7.05 Å². The third kappa shape index (κ3) is 4.09. The second kappa shape index (κ2) is 6.93. The number of hydrogen-bond donors (Lipinski definition) is 1. The summed E-state index contributed by atoms with van der Waals surface area (Å²) in [4.78, 5) is 0. The zero-order valence-electron chi connectivity index (χ0n) is 10.5. The molecule has 1 unspecified atom stereocenters. The number of likely N-dealkylation sites (N-methyl/N-ethyl adjacent to an activating group) is 1. The van der Waals surface area contributed by atoms with Gasteiger partial charge >= 0.3 is 0 Å². The van der Waals surface area contributed by atoms with Gasteiger partial charge in [-0.15, -0.1) is 0 Å². The van der Waals surface area contributed by atoms with Crippen molar-refractivity contribution < 1.29 is 0 Å². The van der Waals surface area contributed by atoms with E-state index in [-0.39, 0.29) is 6.04 Å². The summed E-state index contributed by atoms with van der Waals surface area (Å²) in [5.74, 6) is 0. The lowest BCUT2D eigenvalue weighted by Gasteiger charge is -2.17. The molecule has 0 spiro atoms. The van der Waals surface area contributed by atoms with Gasteiger partial charge in [-0.25, -0.2) is 0 Å². The first-order valence-electron chi connectivity index (χ1n) is 5.97. The van der Waals surface area contributed by atoms with Gasteiger partial charge in [-0.3, -0.25) is 0 Å². The Hall–Kier alpha value is -0.290. The molecule has 1 N–H and O–H groups in total. The lowest BCUT2D eigenvalue weighted by atomic mass is 9.99. The molecular formula is C15H14Cl2IN. The van der Waals surface area contributed by atoms with Crippen molar-refractivity contribution in [3.8, 4) is 0 Å². The second-order valence-corrected chi connectivity index (χ2v) is 6.35. The Balaban J connectivity index is 2.22. The van der Waals surface area contributed by atoms with E-state index in [1.807, 2.05) is 37.4 Å². The van der Waals surface area contributed by atoms with Gasteiger partial charge in [0.05, 0.1) is 5.02 Å². The largest absolute Gasteiger partial charge is 0.313 e. The SMILES string of the molecule is CNC(Cc1cccc(Cl)c1)c1ccc(I)c(Cl)c1. The molecule has 1 nitrogen and oxygen atoms in total. The summed E-state index contributed by atoms with van der Waals surface area (Å²) < 4.78 is 1.07.